The molecule has 0 aliphatic heterocycles. The minimum absolute atomic E-state index is 0.520. The van der Waals surface area contributed by atoms with Crippen molar-refractivity contribution in [1.29, 1.82) is 0 Å². The molecule has 0 saturated carbocycles. The molecule has 0 aromatic carbocycles. The average Bonchev–Trinajstić information content (AvgIpc) is 2.46. The number of ether oxygens (including phenoxy) is 3. The van der Waals surface area contributed by atoms with Gasteiger partial charge in [-0.2, -0.15) is 0 Å². The van der Waals surface area contributed by atoms with Gasteiger partial charge in [-0.1, -0.05) is 6.08 Å². The van der Waals surface area contributed by atoms with Crippen LogP contribution in [0.4, 0.5) is 0 Å². The molecule has 0 spiro atoms. The summed E-state index contributed by atoms with van der Waals surface area (Å²) in [4.78, 5) is 8.10. The molecule has 0 fully saturated rings. The number of nitrogens with one attached hydrogen (secondary N) is 1. The molecular formula is C13H21N3O3. The molecule has 0 amide bonds. The van der Waals surface area contributed by atoms with Gasteiger partial charge in [0.15, 0.2) is 0 Å². The van der Waals surface area contributed by atoms with Crippen molar-refractivity contribution in [3.05, 3.63) is 24.5 Å². The van der Waals surface area contributed by atoms with Gasteiger partial charge in [0, 0.05) is 13.1 Å². The van der Waals surface area contributed by atoms with Crippen LogP contribution < -0.4 is 14.8 Å². The number of hydrogen-bond acceptors (Lipinski definition) is 6. The fourth-order valence-corrected chi connectivity index (χ4v) is 1.51. The average molecular weight is 267 g/mol. The highest BCUT2D eigenvalue weighted by molar-refractivity contribution is 5.34. The first-order chi connectivity index (χ1) is 9.33. The van der Waals surface area contributed by atoms with E-state index in [4.69, 9.17) is 14.2 Å². The predicted molar refractivity (Wildman–Crippen MR) is 72.5 cm³/mol. The van der Waals surface area contributed by atoms with Crippen molar-refractivity contribution < 1.29 is 14.2 Å². The second kappa shape index (κ2) is 9.29. The second-order valence-corrected chi connectivity index (χ2v) is 3.74. The first-order valence-electron chi connectivity index (χ1n) is 6.14. The van der Waals surface area contributed by atoms with E-state index < -0.39 is 0 Å². The summed E-state index contributed by atoms with van der Waals surface area (Å²) in [5, 5.41) is 3.24. The van der Waals surface area contributed by atoms with E-state index in [0.717, 1.165) is 18.5 Å². The van der Waals surface area contributed by atoms with Crippen molar-refractivity contribution in [2.24, 2.45) is 0 Å². The number of rotatable bonds is 10. The Bertz CT molecular complexity index is 363. The van der Waals surface area contributed by atoms with E-state index >= 15 is 0 Å². The van der Waals surface area contributed by atoms with Crippen LogP contribution >= 0.6 is 0 Å². The summed E-state index contributed by atoms with van der Waals surface area (Å²) in [5.74, 6) is 1.04. The lowest BCUT2D eigenvalue weighted by atomic mass is 10.3. The maximum atomic E-state index is 5.40. The summed E-state index contributed by atoms with van der Waals surface area (Å²) < 4.78 is 15.8. The minimum Gasteiger partial charge on any atom is -0.481 e. The molecular weight excluding hydrogens is 246 g/mol. The highest BCUT2D eigenvalue weighted by Gasteiger charge is 2.11. The van der Waals surface area contributed by atoms with Crippen LogP contribution in [0.5, 0.6) is 11.8 Å². The Balaban J connectivity index is 2.37. The van der Waals surface area contributed by atoms with Crippen LogP contribution in [0.25, 0.3) is 0 Å². The zero-order valence-corrected chi connectivity index (χ0v) is 11.5. The zero-order chi connectivity index (χ0) is 13.9. The lowest BCUT2D eigenvalue weighted by Crippen LogP contribution is -2.20. The third-order valence-electron chi connectivity index (χ3n) is 2.44. The molecule has 0 saturated heterocycles. The molecule has 6 heteroatoms. The number of hydrogen-bond donors (Lipinski definition) is 1. The van der Waals surface area contributed by atoms with Crippen LogP contribution in [0.3, 0.4) is 0 Å². The number of aromatic nitrogens is 2. The fraction of sp³-hybridized carbons (Fsp3) is 0.538. The van der Waals surface area contributed by atoms with E-state index in [1.54, 1.807) is 14.2 Å². The van der Waals surface area contributed by atoms with Gasteiger partial charge in [0.05, 0.1) is 33.0 Å². The highest BCUT2D eigenvalue weighted by atomic mass is 16.5. The van der Waals surface area contributed by atoms with E-state index in [9.17, 15) is 0 Å². The van der Waals surface area contributed by atoms with E-state index in [1.807, 2.05) is 6.08 Å². The molecule has 1 N–H and O–H groups in total. The fourth-order valence-electron chi connectivity index (χ4n) is 1.51. The van der Waals surface area contributed by atoms with Gasteiger partial charge in [0.25, 0.3) is 0 Å². The van der Waals surface area contributed by atoms with Crippen molar-refractivity contribution in [2.45, 2.75) is 13.0 Å². The largest absolute Gasteiger partial charge is 0.481 e. The normalized spacial score (nSPS) is 10.2. The van der Waals surface area contributed by atoms with Gasteiger partial charge in [-0.25, -0.2) is 9.97 Å². The van der Waals surface area contributed by atoms with Crippen LogP contribution in [0.15, 0.2) is 19.0 Å². The number of methoxy groups -OCH3 is 2. The van der Waals surface area contributed by atoms with Crippen molar-refractivity contribution in [3.63, 3.8) is 0 Å². The van der Waals surface area contributed by atoms with Gasteiger partial charge >= 0.3 is 0 Å². The molecule has 1 rings (SSSR count). The van der Waals surface area contributed by atoms with E-state index in [0.29, 0.717) is 31.5 Å². The van der Waals surface area contributed by atoms with Gasteiger partial charge in [-0.15, -0.1) is 6.58 Å². The quantitative estimate of drug-likeness (QED) is 0.507. The van der Waals surface area contributed by atoms with Gasteiger partial charge in [-0.3, -0.25) is 0 Å². The van der Waals surface area contributed by atoms with Crippen LogP contribution in [0.1, 0.15) is 12.0 Å². The first kappa shape index (κ1) is 15.4. The summed E-state index contributed by atoms with van der Waals surface area (Å²) in [5.41, 5.74) is 0.804. The Kier molecular flexibility index (Phi) is 7.53. The lowest BCUT2D eigenvalue weighted by molar-refractivity contribution is 0.140. The van der Waals surface area contributed by atoms with Crippen molar-refractivity contribution >= 4 is 0 Å². The van der Waals surface area contributed by atoms with E-state index in [1.165, 1.54) is 6.33 Å². The molecule has 1 heterocycles. The summed E-state index contributed by atoms with van der Waals surface area (Å²) in [6.07, 6.45) is 4.12. The van der Waals surface area contributed by atoms with Crippen LogP contribution in [-0.4, -0.2) is 43.9 Å². The Morgan fingerprint density at radius 1 is 1.21 bits per heavy atom. The monoisotopic (exact) mass is 267 g/mol. The van der Waals surface area contributed by atoms with Crippen LogP contribution in [0.2, 0.25) is 0 Å². The second-order valence-electron chi connectivity index (χ2n) is 3.74. The molecule has 106 valence electrons. The molecule has 0 atom stereocenters. The molecule has 0 bridgehead atoms. The summed E-state index contributed by atoms with van der Waals surface area (Å²) in [6.45, 7) is 6.28. The highest BCUT2D eigenvalue weighted by Crippen LogP contribution is 2.22. The molecule has 1 aromatic heterocycles. The van der Waals surface area contributed by atoms with E-state index in [2.05, 4.69) is 21.9 Å². The van der Waals surface area contributed by atoms with Crippen LogP contribution in [-0.2, 0) is 11.3 Å². The molecule has 0 unspecified atom stereocenters. The van der Waals surface area contributed by atoms with Gasteiger partial charge in [-0.05, 0) is 6.42 Å². The standard InChI is InChI=1S/C13H21N3O3/c1-4-5-7-19-8-6-14-9-11-12(17-2)15-10-16-13(11)18-3/h4,10,14H,1,5-9H2,2-3H3. The van der Waals surface area contributed by atoms with Gasteiger partial charge in [0.2, 0.25) is 11.8 Å². The molecule has 0 aliphatic rings. The Hall–Kier alpha value is -1.66. The van der Waals surface area contributed by atoms with Gasteiger partial charge < -0.3 is 19.5 Å². The zero-order valence-electron chi connectivity index (χ0n) is 11.5. The maximum Gasteiger partial charge on any atom is 0.224 e. The van der Waals surface area contributed by atoms with Crippen LogP contribution in [0, 0.1) is 0 Å². The summed E-state index contributed by atoms with van der Waals surface area (Å²) >= 11 is 0. The molecule has 0 aliphatic carbocycles. The maximum absolute atomic E-state index is 5.40. The minimum atomic E-state index is 0.520. The molecule has 0 radical (unpaired) electrons. The Morgan fingerprint density at radius 3 is 2.47 bits per heavy atom. The van der Waals surface area contributed by atoms with Gasteiger partial charge in [0.1, 0.15) is 6.33 Å². The topological polar surface area (TPSA) is 65.5 Å². The Labute approximate surface area is 113 Å². The van der Waals surface area contributed by atoms with Crippen molar-refractivity contribution in [2.75, 3.05) is 34.0 Å². The predicted octanol–water partition coefficient (Wildman–Crippen LogP) is 1.18. The number of nitrogens with zero attached hydrogens (tertiary/aromatic N) is 2. The van der Waals surface area contributed by atoms with Crippen molar-refractivity contribution in [3.8, 4) is 11.8 Å². The lowest BCUT2D eigenvalue weighted by Gasteiger charge is -2.11. The summed E-state index contributed by atoms with van der Waals surface area (Å²) in [7, 11) is 3.15. The molecule has 6 nitrogen and oxygen atoms in total. The SMILES string of the molecule is C=CCCOCCNCc1c(OC)ncnc1OC. The molecule has 19 heavy (non-hydrogen) atoms. The first-order valence-corrected chi connectivity index (χ1v) is 6.14. The third-order valence-corrected chi connectivity index (χ3v) is 2.44. The summed E-state index contributed by atoms with van der Waals surface area (Å²) in [6, 6.07) is 0. The van der Waals surface area contributed by atoms with E-state index in [-0.39, 0.29) is 0 Å². The van der Waals surface area contributed by atoms with Crippen molar-refractivity contribution in [1.82, 2.24) is 15.3 Å². The Morgan fingerprint density at radius 2 is 1.89 bits per heavy atom. The molecule has 1 aromatic rings. The smallest absolute Gasteiger partial charge is 0.224 e. The third kappa shape index (κ3) is 5.23.